The van der Waals surface area contributed by atoms with Crippen molar-refractivity contribution in [2.24, 2.45) is 5.92 Å². The molecule has 0 atom stereocenters. The summed E-state index contributed by atoms with van der Waals surface area (Å²) in [7, 11) is 1.89. The van der Waals surface area contributed by atoms with Gasteiger partial charge in [0.25, 0.3) is 0 Å². The Kier molecular flexibility index (Phi) is 4.25. The third-order valence-electron chi connectivity index (χ3n) is 3.31. The van der Waals surface area contributed by atoms with Crippen molar-refractivity contribution in [1.29, 1.82) is 0 Å². The molecule has 0 aliphatic carbocycles. The van der Waals surface area contributed by atoms with Gasteiger partial charge in [0.05, 0.1) is 0 Å². The highest BCUT2D eigenvalue weighted by molar-refractivity contribution is 5.80. The highest BCUT2D eigenvalue weighted by Crippen LogP contribution is 2.15. The van der Waals surface area contributed by atoms with Crippen LogP contribution in [0.15, 0.2) is 36.5 Å². The lowest BCUT2D eigenvalue weighted by molar-refractivity contribution is -0.130. The van der Waals surface area contributed by atoms with Gasteiger partial charge in [-0.3, -0.25) is 4.79 Å². The zero-order valence-electron chi connectivity index (χ0n) is 12.0. The Bertz CT molecular complexity index is 557. The van der Waals surface area contributed by atoms with Gasteiger partial charge in [-0.25, -0.2) is 0 Å². The van der Waals surface area contributed by atoms with Crippen LogP contribution in [0.2, 0.25) is 0 Å². The van der Waals surface area contributed by atoms with Crippen LogP contribution in [0, 0.1) is 5.92 Å². The number of rotatable bonds is 5. The summed E-state index contributed by atoms with van der Waals surface area (Å²) in [6.07, 6.45) is 2.61. The lowest BCUT2D eigenvalue weighted by Gasteiger charge is -2.19. The molecule has 0 saturated carbocycles. The smallest absolute Gasteiger partial charge is 0.224 e. The normalized spacial score (nSPS) is 11.2. The van der Waals surface area contributed by atoms with E-state index >= 15 is 0 Å². The summed E-state index contributed by atoms with van der Waals surface area (Å²) >= 11 is 0. The topological polar surface area (TPSA) is 25.2 Å². The number of amides is 1. The fourth-order valence-corrected chi connectivity index (χ4v) is 2.39. The number of carbonyl (C=O) groups excluding carboxylic acids is 1. The van der Waals surface area contributed by atoms with Gasteiger partial charge in [0.2, 0.25) is 5.91 Å². The summed E-state index contributed by atoms with van der Waals surface area (Å²) in [5, 5.41) is 1.23. The zero-order chi connectivity index (χ0) is 13.8. The summed E-state index contributed by atoms with van der Waals surface area (Å²) in [5.74, 6) is 0.729. The molecule has 19 heavy (non-hydrogen) atoms. The molecule has 0 spiro atoms. The lowest BCUT2D eigenvalue weighted by Crippen LogP contribution is -2.30. The molecule has 3 nitrogen and oxygen atoms in total. The summed E-state index contributed by atoms with van der Waals surface area (Å²) in [4.78, 5) is 13.9. The number of hydrogen-bond donors (Lipinski definition) is 0. The molecule has 0 aliphatic rings. The van der Waals surface area contributed by atoms with Crippen LogP contribution < -0.4 is 0 Å². The Morgan fingerprint density at radius 2 is 2.00 bits per heavy atom. The molecule has 2 rings (SSSR count). The first-order chi connectivity index (χ1) is 9.08. The molecule has 0 radical (unpaired) electrons. The molecule has 0 unspecified atom stereocenters. The second-order valence-corrected chi connectivity index (χ2v) is 5.49. The Hall–Kier alpha value is -1.77. The van der Waals surface area contributed by atoms with E-state index in [0.717, 1.165) is 13.1 Å². The second kappa shape index (κ2) is 5.91. The van der Waals surface area contributed by atoms with Gasteiger partial charge in [-0.05, 0) is 23.4 Å². The van der Waals surface area contributed by atoms with Crippen molar-refractivity contribution in [3.63, 3.8) is 0 Å². The molecule has 0 saturated heterocycles. The Morgan fingerprint density at radius 1 is 1.26 bits per heavy atom. The molecular formula is C16H22N2O. The predicted octanol–water partition coefficient (Wildman–Crippen LogP) is 3.15. The zero-order valence-corrected chi connectivity index (χ0v) is 12.0. The maximum absolute atomic E-state index is 12.0. The third kappa shape index (κ3) is 3.37. The van der Waals surface area contributed by atoms with Crippen LogP contribution in [-0.4, -0.2) is 29.0 Å². The first-order valence-corrected chi connectivity index (χ1v) is 6.86. The van der Waals surface area contributed by atoms with Crippen LogP contribution in [0.3, 0.4) is 0 Å². The van der Waals surface area contributed by atoms with Crippen molar-refractivity contribution in [3.05, 3.63) is 36.5 Å². The summed E-state index contributed by atoms with van der Waals surface area (Å²) in [5.41, 5.74) is 1.20. The van der Waals surface area contributed by atoms with E-state index in [4.69, 9.17) is 0 Å². The second-order valence-electron chi connectivity index (χ2n) is 5.49. The van der Waals surface area contributed by atoms with Crippen molar-refractivity contribution in [3.8, 4) is 0 Å². The SMILES string of the molecule is CC(C)CN(C)C(=O)CCn1ccc2ccccc21. The van der Waals surface area contributed by atoms with E-state index in [2.05, 4.69) is 42.8 Å². The van der Waals surface area contributed by atoms with Crippen LogP contribution in [0.5, 0.6) is 0 Å². The molecular weight excluding hydrogens is 236 g/mol. The van der Waals surface area contributed by atoms with E-state index in [0.29, 0.717) is 12.3 Å². The van der Waals surface area contributed by atoms with Gasteiger partial charge in [0.15, 0.2) is 0 Å². The lowest BCUT2D eigenvalue weighted by atomic mass is 10.2. The van der Waals surface area contributed by atoms with Gasteiger partial charge in [-0.15, -0.1) is 0 Å². The van der Waals surface area contributed by atoms with Gasteiger partial charge in [0.1, 0.15) is 0 Å². The minimum Gasteiger partial charge on any atom is -0.347 e. The van der Waals surface area contributed by atoms with Crippen molar-refractivity contribution in [2.75, 3.05) is 13.6 Å². The Morgan fingerprint density at radius 3 is 2.74 bits per heavy atom. The van der Waals surface area contributed by atoms with E-state index in [9.17, 15) is 4.79 Å². The average molecular weight is 258 g/mol. The van der Waals surface area contributed by atoms with Crippen molar-refractivity contribution < 1.29 is 4.79 Å². The summed E-state index contributed by atoms with van der Waals surface area (Å²) in [6, 6.07) is 10.4. The van der Waals surface area contributed by atoms with Gasteiger partial charge in [-0.1, -0.05) is 32.0 Å². The molecule has 1 heterocycles. The summed E-state index contributed by atoms with van der Waals surface area (Å²) in [6.45, 7) is 5.83. The van der Waals surface area contributed by atoms with E-state index in [-0.39, 0.29) is 5.91 Å². The molecule has 2 aromatic rings. The van der Waals surface area contributed by atoms with Crippen LogP contribution in [-0.2, 0) is 11.3 Å². The molecule has 1 amide bonds. The molecule has 102 valence electrons. The van der Waals surface area contributed by atoms with Crippen LogP contribution in [0.1, 0.15) is 20.3 Å². The van der Waals surface area contributed by atoms with Gasteiger partial charge in [0, 0.05) is 38.3 Å². The molecule has 0 bridgehead atoms. The maximum atomic E-state index is 12.0. The summed E-state index contributed by atoms with van der Waals surface area (Å²) < 4.78 is 2.15. The minimum atomic E-state index is 0.214. The van der Waals surface area contributed by atoms with E-state index < -0.39 is 0 Å². The van der Waals surface area contributed by atoms with Crippen molar-refractivity contribution in [2.45, 2.75) is 26.8 Å². The quantitative estimate of drug-likeness (QED) is 0.808. The number of aromatic nitrogens is 1. The highest BCUT2D eigenvalue weighted by atomic mass is 16.2. The van der Waals surface area contributed by atoms with Gasteiger partial charge < -0.3 is 9.47 Å². The Balaban J connectivity index is 1.97. The number of fused-ring (bicyclic) bond motifs is 1. The number of para-hydroxylation sites is 1. The monoisotopic (exact) mass is 258 g/mol. The van der Waals surface area contributed by atoms with E-state index in [1.54, 1.807) is 0 Å². The largest absolute Gasteiger partial charge is 0.347 e. The third-order valence-corrected chi connectivity index (χ3v) is 3.31. The average Bonchev–Trinajstić information content (AvgIpc) is 2.78. The molecule has 3 heteroatoms. The molecule has 0 N–H and O–H groups in total. The first-order valence-electron chi connectivity index (χ1n) is 6.86. The Labute approximate surface area is 114 Å². The van der Waals surface area contributed by atoms with Crippen molar-refractivity contribution >= 4 is 16.8 Å². The van der Waals surface area contributed by atoms with Crippen LogP contribution in [0.4, 0.5) is 0 Å². The minimum absolute atomic E-state index is 0.214. The van der Waals surface area contributed by atoms with Crippen LogP contribution in [0.25, 0.3) is 10.9 Å². The predicted molar refractivity (Wildman–Crippen MR) is 79.0 cm³/mol. The van der Waals surface area contributed by atoms with Crippen molar-refractivity contribution in [1.82, 2.24) is 9.47 Å². The standard InChI is InChI=1S/C16H22N2O/c1-13(2)12-17(3)16(19)9-11-18-10-8-14-6-4-5-7-15(14)18/h4-8,10,13H,9,11-12H2,1-3H3. The molecule has 1 aromatic carbocycles. The number of nitrogens with zero attached hydrogens (tertiary/aromatic N) is 2. The number of carbonyl (C=O) groups is 1. The fourth-order valence-electron chi connectivity index (χ4n) is 2.39. The number of hydrogen-bond acceptors (Lipinski definition) is 1. The number of benzene rings is 1. The highest BCUT2D eigenvalue weighted by Gasteiger charge is 2.10. The molecule has 0 aliphatic heterocycles. The molecule has 1 aromatic heterocycles. The van der Waals surface area contributed by atoms with E-state index in [1.165, 1.54) is 10.9 Å². The van der Waals surface area contributed by atoms with Gasteiger partial charge >= 0.3 is 0 Å². The van der Waals surface area contributed by atoms with E-state index in [1.807, 2.05) is 24.1 Å². The van der Waals surface area contributed by atoms with Crippen LogP contribution >= 0.6 is 0 Å². The first kappa shape index (κ1) is 13.7. The fraction of sp³-hybridized carbons (Fsp3) is 0.438. The van der Waals surface area contributed by atoms with Gasteiger partial charge in [-0.2, -0.15) is 0 Å². The number of aryl methyl sites for hydroxylation is 1. The molecule has 0 fully saturated rings. The maximum Gasteiger partial charge on any atom is 0.224 e.